The van der Waals surface area contributed by atoms with E-state index in [0.29, 0.717) is 29.0 Å². The van der Waals surface area contributed by atoms with E-state index in [2.05, 4.69) is 13.8 Å². The molecule has 2 heteroatoms. The molecule has 0 saturated heterocycles. The molecular formula is C16H22O2. The van der Waals surface area contributed by atoms with Crippen molar-refractivity contribution in [3.8, 4) is 0 Å². The minimum absolute atomic E-state index is 0.320. The van der Waals surface area contributed by atoms with Gasteiger partial charge in [-0.25, -0.2) is 0 Å². The molecule has 2 fully saturated rings. The van der Waals surface area contributed by atoms with Gasteiger partial charge in [0, 0.05) is 12.3 Å². The first-order valence-electron chi connectivity index (χ1n) is 7.13. The first-order chi connectivity index (χ1) is 8.58. The van der Waals surface area contributed by atoms with Crippen LogP contribution >= 0.6 is 0 Å². The third-order valence-corrected chi connectivity index (χ3v) is 5.24. The standard InChI is InChI=1S/C16H22O2/c1-16(2)6-3-4-13-14(16)8-12(9-15(13)17)11-5-7-18-10-11/h5,7,10,12-14H,3-4,6,8-9H2,1-2H3/t12-,13+,14-/m1/s1. The zero-order valence-corrected chi connectivity index (χ0v) is 11.3. The molecule has 0 aliphatic heterocycles. The number of furan rings is 1. The van der Waals surface area contributed by atoms with Gasteiger partial charge in [-0.1, -0.05) is 20.3 Å². The second-order valence-electron chi connectivity index (χ2n) is 6.75. The normalized spacial score (nSPS) is 35.2. The van der Waals surface area contributed by atoms with Crippen LogP contribution in [0, 0.1) is 17.3 Å². The molecule has 3 rings (SSSR count). The lowest BCUT2D eigenvalue weighted by Gasteiger charge is -2.47. The fraction of sp³-hybridized carbons (Fsp3) is 0.688. The van der Waals surface area contributed by atoms with E-state index in [1.54, 1.807) is 6.26 Å². The number of ketones is 1. The Bertz CT molecular complexity index is 430. The topological polar surface area (TPSA) is 30.2 Å². The van der Waals surface area contributed by atoms with E-state index >= 15 is 0 Å². The van der Waals surface area contributed by atoms with Crippen molar-refractivity contribution < 1.29 is 9.21 Å². The van der Waals surface area contributed by atoms with Crippen molar-refractivity contribution in [3.63, 3.8) is 0 Å². The van der Waals surface area contributed by atoms with Crippen LogP contribution in [0.5, 0.6) is 0 Å². The van der Waals surface area contributed by atoms with Crippen molar-refractivity contribution in [3.05, 3.63) is 24.2 Å². The fourth-order valence-electron chi connectivity index (χ4n) is 4.12. The molecule has 98 valence electrons. The maximum Gasteiger partial charge on any atom is 0.136 e. The first-order valence-corrected chi connectivity index (χ1v) is 7.13. The van der Waals surface area contributed by atoms with E-state index in [4.69, 9.17) is 4.42 Å². The van der Waals surface area contributed by atoms with Gasteiger partial charge in [-0.3, -0.25) is 4.79 Å². The van der Waals surface area contributed by atoms with Gasteiger partial charge in [-0.05, 0) is 48.1 Å². The average molecular weight is 246 g/mol. The highest BCUT2D eigenvalue weighted by Crippen LogP contribution is 2.52. The number of rotatable bonds is 1. The van der Waals surface area contributed by atoms with E-state index in [0.717, 1.165) is 19.3 Å². The molecule has 2 aliphatic rings. The molecule has 1 aromatic heterocycles. The van der Waals surface area contributed by atoms with E-state index in [-0.39, 0.29) is 0 Å². The van der Waals surface area contributed by atoms with Crippen LogP contribution in [0.1, 0.15) is 57.4 Å². The molecule has 0 bridgehead atoms. The minimum Gasteiger partial charge on any atom is -0.472 e. The summed E-state index contributed by atoms with van der Waals surface area (Å²) in [5.74, 6) is 1.77. The molecule has 3 atom stereocenters. The second kappa shape index (κ2) is 4.25. The predicted molar refractivity (Wildman–Crippen MR) is 70.3 cm³/mol. The number of carbonyl (C=O) groups excluding carboxylic acids is 1. The Labute approximate surface area is 109 Å². The van der Waals surface area contributed by atoms with Crippen molar-refractivity contribution in [1.82, 2.24) is 0 Å². The fourth-order valence-corrected chi connectivity index (χ4v) is 4.12. The van der Waals surface area contributed by atoms with Crippen molar-refractivity contribution in [2.45, 2.75) is 51.9 Å². The Morgan fingerprint density at radius 3 is 2.94 bits per heavy atom. The zero-order chi connectivity index (χ0) is 12.8. The number of hydrogen-bond acceptors (Lipinski definition) is 2. The van der Waals surface area contributed by atoms with Crippen LogP contribution in [0.4, 0.5) is 0 Å². The van der Waals surface area contributed by atoms with Gasteiger partial charge < -0.3 is 4.42 Å². The molecule has 1 aromatic rings. The third kappa shape index (κ3) is 1.92. The molecule has 0 unspecified atom stereocenters. The molecule has 2 aliphatic carbocycles. The van der Waals surface area contributed by atoms with Gasteiger partial charge in [0.15, 0.2) is 0 Å². The van der Waals surface area contributed by atoms with E-state index in [1.165, 1.54) is 18.4 Å². The Morgan fingerprint density at radius 2 is 2.22 bits per heavy atom. The lowest BCUT2D eigenvalue weighted by atomic mass is 9.56. The number of fused-ring (bicyclic) bond motifs is 1. The van der Waals surface area contributed by atoms with Gasteiger partial charge in [0.1, 0.15) is 5.78 Å². The number of Topliss-reactive ketones (excluding diaryl/α,β-unsaturated/α-hetero) is 1. The summed E-state index contributed by atoms with van der Waals surface area (Å²) in [5, 5.41) is 0. The van der Waals surface area contributed by atoms with E-state index in [9.17, 15) is 4.79 Å². The van der Waals surface area contributed by atoms with Gasteiger partial charge in [0.25, 0.3) is 0 Å². The van der Waals surface area contributed by atoms with Gasteiger partial charge in [0.05, 0.1) is 12.5 Å². The molecular weight excluding hydrogens is 224 g/mol. The van der Waals surface area contributed by atoms with Crippen LogP contribution in [0.3, 0.4) is 0 Å². The average Bonchev–Trinajstić information content (AvgIpc) is 2.83. The van der Waals surface area contributed by atoms with Crippen LogP contribution in [0.25, 0.3) is 0 Å². The molecule has 2 saturated carbocycles. The molecule has 0 spiro atoms. The van der Waals surface area contributed by atoms with Crippen LogP contribution in [-0.4, -0.2) is 5.78 Å². The van der Waals surface area contributed by atoms with Crippen molar-refractivity contribution >= 4 is 5.78 Å². The molecule has 0 aromatic carbocycles. The summed E-state index contributed by atoms with van der Waals surface area (Å²) >= 11 is 0. The third-order valence-electron chi connectivity index (χ3n) is 5.24. The lowest BCUT2D eigenvalue weighted by Crippen LogP contribution is -2.43. The Kier molecular flexibility index (Phi) is 2.84. The molecule has 0 amide bonds. The first kappa shape index (κ1) is 12.0. The highest BCUT2D eigenvalue weighted by atomic mass is 16.3. The summed E-state index contributed by atoms with van der Waals surface area (Å²) in [7, 11) is 0. The lowest BCUT2D eigenvalue weighted by molar-refractivity contribution is -0.132. The van der Waals surface area contributed by atoms with Crippen LogP contribution in [-0.2, 0) is 4.79 Å². The zero-order valence-electron chi connectivity index (χ0n) is 11.3. The maximum absolute atomic E-state index is 12.4. The van der Waals surface area contributed by atoms with E-state index < -0.39 is 0 Å². The van der Waals surface area contributed by atoms with Crippen molar-refractivity contribution in [2.75, 3.05) is 0 Å². The van der Waals surface area contributed by atoms with Gasteiger partial charge >= 0.3 is 0 Å². The molecule has 1 heterocycles. The maximum atomic E-state index is 12.4. The molecule has 2 nitrogen and oxygen atoms in total. The van der Waals surface area contributed by atoms with E-state index in [1.807, 2.05) is 12.3 Å². The van der Waals surface area contributed by atoms with Gasteiger partial charge in [-0.15, -0.1) is 0 Å². The molecule has 0 radical (unpaired) electrons. The highest BCUT2D eigenvalue weighted by Gasteiger charge is 2.46. The Balaban J connectivity index is 1.86. The molecule has 18 heavy (non-hydrogen) atoms. The summed E-state index contributed by atoms with van der Waals surface area (Å²) in [6.07, 6.45) is 9.01. The second-order valence-corrected chi connectivity index (χ2v) is 6.75. The summed E-state index contributed by atoms with van der Waals surface area (Å²) in [6.45, 7) is 4.68. The monoisotopic (exact) mass is 246 g/mol. The highest BCUT2D eigenvalue weighted by molar-refractivity contribution is 5.83. The van der Waals surface area contributed by atoms with Crippen molar-refractivity contribution in [1.29, 1.82) is 0 Å². The summed E-state index contributed by atoms with van der Waals surface area (Å²) in [5.41, 5.74) is 1.53. The largest absolute Gasteiger partial charge is 0.472 e. The molecule has 0 N–H and O–H groups in total. The van der Waals surface area contributed by atoms with Crippen LogP contribution in [0.15, 0.2) is 23.0 Å². The van der Waals surface area contributed by atoms with Gasteiger partial charge in [-0.2, -0.15) is 0 Å². The summed E-state index contributed by atoms with van der Waals surface area (Å²) in [4.78, 5) is 12.4. The van der Waals surface area contributed by atoms with Crippen LogP contribution in [0.2, 0.25) is 0 Å². The number of hydrogen-bond donors (Lipinski definition) is 0. The summed E-state index contributed by atoms with van der Waals surface area (Å²) in [6, 6.07) is 2.02. The van der Waals surface area contributed by atoms with Crippen molar-refractivity contribution in [2.24, 2.45) is 17.3 Å². The van der Waals surface area contributed by atoms with Gasteiger partial charge in [0.2, 0.25) is 0 Å². The Hall–Kier alpha value is -1.05. The minimum atomic E-state index is 0.320. The predicted octanol–water partition coefficient (Wildman–Crippen LogP) is 4.17. The smallest absolute Gasteiger partial charge is 0.136 e. The quantitative estimate of drug-likeness (QED) is 0.744. The van der Waals surface area contributed by atoms with Crippen LogP contribution < -0.4 is 0 Å². The summed E-state index contributed by atoms with van der Waals surface area (Å²) < 4.78 is 5.18. The number of carbonyl (C=O) groups is 1. The SMILES string of the molecule is CC1(C)CCC[C@@H]2C(=O)C[C@H](c3ccoc3)C[C@H]21. The Morgan fingerprint density at radius 1 is 1.39 bits per heavy atom.